The van der Waals surface area contributed by atoms with Crippen LogP contribution in [0.5, 0.6) is 0 Å². The maximum Gasteiger partial charge on any atom is 0.345 e. The van der Waals surface area contributed by atoms with Crippen LogP contribution < -0.4 is 5.32 Å². The molecule has 0 aromatic heterocycles. The number of ether oxygens (including phenoxy) is 1. The molecule has 10 nitrogen and oxygen atoms in total. The molecule has 1 saturated heterocycles. The van der Waals surface area contributed by atoms with Gasteiger partial charge in [0.05, 0.1) is 9.82 Å². The molecule has 1 heterocycles. The van der Waals surface area contributed by atoms with Crippen LogP contribution in [0.2, 0.25) is 0 Å². The molecule has 1 fully saturated rings. The van der Waals surface area contributed by atoms with Gasteiger partial charge in [-0.2, -0.15) is 4.31 Å². The maximum atomic E-state index is 13.2. The zero-order chi connectivity index (χ0) is 24.9. The van der Waals surface area contributed by atoms with Gasteiger partial charge in [-0.15, -0.1) is 0 Å². The summed E-state index contributed by atoms with van der Waals surface area (Å²) in [5.41, 5.74) is 0.512. The van der Waals surface area contributed by atoms with Crippen LogP contribution in [0.4, 0.5) is 11.4 Å². The van der Waals surface area contributed by atoms with E-state index in [4.69, 9.17) is 4.74 Å². The van der Waals surface area contributed by atoms with Crippen LogP contribution in [-0.4, -0.2) is 49.2 Å². The normalized spacial score (nSPS) is 14.8. The van der Waals surface area contributed by atoms with Crippen LogP contribution in [-0.2, 0) is 19.6 Å². The van der Waals surface area contributed by atoms with Crippen LogP contribution in [0.15, 0.2) is 41.3 Å². The summed E-state index contributed by atoms with van der Waals surface area (Å²) in [6.45, 7) is 3.44. The number of rotatable bonds is 7. The third-order valence-corrected chi connectivity index (χ3v) is 7.68. The zero-order valence-electron chi connectivity index (χ0n) is 19.1. The van der Waals surface area contributed by atoms with Gasteiger partial charge in [0.15, 0.2) is 6.61 Å². The van der Waals surface area contributed by atoms with Gasteiger partial charge in [0, 0.05) is 24.8 Å². The van der Waals surface area contributed by atoms with Gasteiger partial charge >= 0.3 is 5.97 Å². The largest absolute Gasteiger partial charge is 0.452 e. The van der Waals surface area contributed by atoms with E-state index in [-0.39, 0.29) is 16.1 Å². The molecule has 0 aliphatic carbocycles. The molecule has 0 unspecified atom stereocenters. The van der Waals surface area contributed by atoms with Crippen molar-refractivity contribution < 1.29 is 27.7 Å². The molecule has 1 aliphatic heterocycles. The van der Waals surface area contributed by atoms with Gasteiger partial charge in [-0.25, -0.2) is 13.2 Å². The molecule has 182 valence electrons. The first kappa shape index (κ1) is 25.3. The van der Waals surface area contributed by atoms with E-state index in [1.54, 1.807) is 19.1 Å². The Kier molecular flexibility index (Phi) is 8.00. The first-order chi connectivity index (χ1) is 16.1. The number of hydrogen-bond acceptors (Lipinski definition) is 7. The molecule has 2 aromatic rings. The molecule has 0 atom stereocenters. The number of carbonyl (C=O) groups excluding carboxylic acids is 2. The van der Waals surface area contributed by atoms with E-state index in [9.17, 15) is 28.1 Å². The van der Waals surface area contributed by atoms with Crippen molar-refractivity contribution in [3.05, 3.63) is 63.2 Å². The Balaban J connectivity index is 1.70. The number of carbonyl (C=O) groups is 2. The number of nitrogens with one attached hydrogen (secondary N) is 1. The first-order valence-electron chi connectivity index (χ1n) is 10.9. The summed E-state index contributed by atoms with van der Waals surface area (Å²) in [7, 11) is -3.72. The van der Waals surface area contributed by atoms with Crippen LogP contribution in [0, 0.1) is 24.0 Å². The van der Waals surface area contributed by atoms with Gasteiger partial charge in [0.25, 0.3) is 11.6 Å². The second kappa shape index (κ2) is 10.7. The molecular weight excluding hydrogens is 462 g/mol. The fraction of sp³-hybridized carbons (Fsp3) is 0.391. The molecule has 1 N–H and O–H groups in total. The van der Waals surface area contributed by atoms with Crippen LogP contribution in [0.3, 0.4) is 0 Å². The highest BCUT2D eigenvalue weighted by Crippen LogP contribution is 2.26. The number of benzene rings is 2. The Labute approximate surface area is 198 Å². The lowest BCUT2D eigenvalue weighted by atomic mass is 10.1. The monoisotopic (exact) mass is 489 g/mol. The number of anilines is 1. The second-order valence-corrected chi connectivity index (χ2v) is 10.1. The number of nitrogens with zero attached hydrogens (tertiary/aromatic N) is 2. The van der Waals surface area contributed by atoms with Crippen molar-refractivity contribution in [2.75, 3.05) is 25.0 Å². The maximum absolute atomic E-state index is 13.2. The zero-order valence-corrected chi connectivity index (χ0v) is 19.9. The highest BCUT2D eigenvalue weighted by Gasteiger charge is 2.27. The van der Waals surface area contributed by atoms with Crippen molar-refractivity contribution in [2.24, 2.45) is 0 Å². The lowest BCUT2D eigenvalue weighted by molar-refractivity contribution is -0.385. The smallest absolute Gasteiger partial charge is 0.345 e. The summed E-state index contributed by atoms with van der Waals surface area (Å²) in [5, 5.41) is 13.7. The van der Waals surface area contributed by atoms with Gasteiger partial charge in [0.2, 0.25) is 10.0 Å². The summed E-state index contributed by atoms with van der Waals surface area (Å²) in [6.07, 6.45) is 3.59. The number of hydrogen-bond donors (Lipinski definition) is 1. The van der Waals surface area contributed by atoms with E-state index in [0.29, 0.717) is 24.2 Å². The standard InChI is InChI=1S/C23H27N3O7S/c1-16-10-11-18(14-20(16)34(31,32)25-12-5-3-4-6-13-25)24-21(27)15-33-23(28)22-17(2)8-7-9-19(22)26(29)30/h7-11,14H,3-6,12-13,15H2,1-2H3,(H,24,27). The number of amides is 1. The third-order valence-electron chi connectivity index (χ3n) is 5.64. The van der Waals surface area contributed by atoms with Gasteiger partial charge in [-0.05, 0) is 49.9 Å². The lowest BCUT2D eigenvalue weighted by Gasteiger charge is -2.21. The minimum absolute atomic E-state index is 0.111. The number of aryl methyl sites for hydroxylation is 2. The molecule has 34 heavy (non-hydrogen) atoms. The van der Waals surface area contributed by atoms with Crippen molar-refractivity contribution >= 4 is 33.3 Å². The van der Waals surface area contributed by atoms with E-state index in [1.165, 1.54) is 35.5 Å². The highest BCUT2D eigenvalue weighted by atomic mass is 32.2. The van der Waals surface area contributed by atoms with Gasteiger partial charge in [-0.1, -0.05) is 31.0 Å². The first-order valence-corrected chi connectivity index (χ1v) is 12.4. The van der Waals surface area contributed by atoms with Gasteiger partial charge in [-0.3, -0.25) is 14.9 Å². The SMILES string of the molecule is Cc1ccc(NC(=O)COC(=O)c2c(C)cccc2[N+](=O)[O-])cc1S(=O)(=O)N1CCCCCC1. The fourth-order valence-corrected chi connectivity index (χ4v) is 5.62. The van der Waals surface area contributed by atoms with E-state index in [0.717, 1.165) is 25.7 Å². The molecule has 0 spiro atoms. The molecule has 1 aliphatic rings. The van der Waals surface area contributed by atoms with Gasteiger partial charge in [0.1, 0.15) is 5.56 Å². The molecular formula is C23H27N3O7S. The van der Waals surface area contributed by atoms with Crippen LogP contribution in [0.1, 0.15) is 47.2 Å². The number of esters is 1. The Morgan fingerprint density at radius 3 is 2.38 bits per heavy atom. The Hall–Kier alpha value is -3.31. The minimum atomic E-state index is -3.72. The molecule has 1 amide bonds. The van der Waals surface area contributed by atoms with Crippen molar-refractivity contribution in [3.8, 4) is 0 Å². The van der Waals surface area contributed by atoms with E-state index < -0.39 is 39.1 Å². The summed E-state index contributed by atoms with van der Waals surface area (Å²) in [6, 6.07) is 8.71. The fourth-order valence-electron chi connectivity index (χ4n) is 3.85. The topological polar surface area (TPSA) is 136 Å². The average molecular weight is 490 g/mol. The molecule has 0 bridgehead atoms. The highest BCUT2D eigenvalue weighted by molar-refractivity contribution is 7.89. The molecule has 0 radical (unpaired) electrons. The molecule has 2 aromatic carbocycles. The Morgan fingerprint density at radius 1 is 1.06 bits per heavy atom. The predicted octanol–water partition coefficient (Wildman–Crippen LogP) is 3.57. The van der Waals surface area contributed by atoms with E-state index in [1.807, 2.05) is 0 Å². The number of nitro benzene ring substituents is 1. The van der Waals surface area contributed by atoms with Crippen molar-refractivity contribution in [1.82, 2.24) is 4.31 Å². The number of nitro groups is 1. The summed E-state index contributed by atoms with van der Waals surface area (Å²) in [5.74, 6) is -1.69. The van der Waals surface area contributed by atoms with E-state index in [2.05, 4.69) is 5.32 Å². The second-order valence-electron chi connectivity index (χ2n) is 8.15. The Bertz CT molecular complexity index is 1200. The predicted molar refractivity (Wildman–Crippen MR) is 125 cm³/mol. The summed E-state index contributed by atoms with van der Waals surface area (Å²) >= 11 is 0. The van der Waals surface area contributed by atoms with E-state index >= 15 is 0 Å². The molecule has 11 heteroatoms. The summed E-state index contributed by atoms with van der Waals surface area (Å²) < 4.78 is 32.8. The minimum Gasteiger partial charge on any atom is -0.452 e. The van der Waals surface area contributed by atoms with Crippen molar-refractivity contribution in [2.45, 2.75) is 44.4 Å². The van der Waals surface area contributed by atoms with Crippen LogP contribution in [0.25, 0.3) is 0 Å². The average Bonchev–Trinajstić information content (AvgIpc) is 3.08. The Morgan fingerprint density at radius 2 is 1.74 bits per heavy atom. The summed E-state index contributed by atoms with van der Waals surface area (Å²) in [4.78, 5) is 35.4. The molecule has 3 rings (SSSR count). The quantitative estimate of drug-likeness (QED) is 0.357. The number of sulfonamides is 1. The van der Waals surface area contributed by atoms with Gasteiger partial charge < -0.3 is 10.1 Å². The van der Waals surface area contributed by atoms with Crippen molar-refractivity contribution in [1.29, 1.82) is 0 Å². The van der Waals surface area contributed by atoms with Crippen LogP contribution >= 0.6 is 0 Å². The van der Waals surface area contributed by atoms with Crippen molar-refractivity contribution in [3.63, 3.8) is 0 Å². The molecule has 0 saturated carbocycles. The lowest BCUT2D eigenvalue weighted by Crippen LogP contribution is -2.32. The third kappa shape index (κ3) is 5.78.